The molecule has 1 aliphatic heterocycles. The summed E-state index contributed by atoms with van der Waals surface area (Å²) in [7, 11) is 0. The Morgan fingerprint density at radius 1 is 1.12 bits per heavy atom. The fraction of sp³-hybridized carbons (Fsp3) is 0.950. The van der Waals surface area contributed by atoms with Crippen LogP contribution in [0.15, 0.2) is 0 Å². The first-order chi connectivity index (χ1) is 11.3. The van der Waals surface area contributed by atoms with Crippen molar-refractivity contribution in [1.29, 1.82) is 0 Å². The zero-order chi connectivity index (χ0) is 17.7. The van der Waals surface area contributed by atoms with Crippen molar-refractivity contribution in [3.8, 4) is 0 Å². The molecule has 1 amide bonds. The first kappa shape index (κ1) is 19.6. The highest BCUT2D eigenvalue weighted by Crippen LogP contribution is 2.29. The topological polar surface area (TPSA) is 41.6 Å². The van der Waals surface area contributed by atoms with E-state index >= 15 is 0 Å². The van der Waals surface area contributed by atoms with Crippen molar-refractivity contribution in [2.45, 2.75) is 110 Å². The molecule has 2 fully saturated rings. The lowest BCUT2D eigenvalue weighted by Gasteiger charge is -2.40. The van der Waals surface area contributed by atoms with Crippen molar-refractivity contribution in [1.82, 2.24) is 10.2 Å². The van der Waals surface area contributed by atoms with Crippen molar-refractivity contribution < 1.29 is 9.53 Å². The lowest BCUT2D eigenvalue weighted by Crippen LogP contribution is -2.53. The van der Waals surface area contributed by atoms with Crippen LogP contribution in [0.2, 0.25) is 0 Å². The predicted molar refractivity (Wildman–Crippen MR) is 99.2 cm³/mol. The number of hydrogen-bond donors (Lipinski definition) is 1. The fourth-order valence-electron chi connectivity index (χ4n) is 4.27. The predicted octanol–water partition coefficient (Wildman–Crippen LogP) is 4.72. The van der Waals surface area contributed by atoms with Gasteiger partial charge in [-0.2, -0.15) is 0 Å². The summed E-state index contributed by atoms with van der Waals surface area (Å²) in [6.45, 7) is 11.0. The smallest absolute Gasteiger partial charge is 0.410 e. The Balaban J connectivity index is 1.74. The second-order valence-corrected chi connectivity index (χ2v) is 8.92. The Bertz CT molecular complexity index is 397. The maximum atomic E-state index is 12.3. The van der Waals surface area contributed by atoms with Crippen molar-refractivity contribution in [2.24, 2.45) is 5.92 Å². The summed E-state index contributed by atoms with van der Waals surface area (Å²) in [5, 5.41) is 3.88. The van der Waals surface area contributed by atoms with Gasteiger partial charge in [-0.3, -0.25) is 0 Å². The molecule has 2 unspecified atom stereocenters. The van der Waals surface area contributed by atoms with Gasteiger partial charge in [0.05, 0.1) is 0 Å². The molecule has 0 radical (unpaired) electrons. The summed E-state index contributed by atoms with van der Waals surface area (Å²) in [4.78, 5) is 14.2. The van der Waals surface area contributed by atoms with E-state index in [1.807, 2.05) is 25.7 Å². The molecule has 24 heavy (non-hydrogen) atoms. The lowest BCUT2D eigenvalue weighted by molar-refractivity contribution is 0.00872. The van der Waals surface area contributed by atoms with Gasteiger partial charge in [-0.1, -0.05) is 19.8 Å². The van der Waals surface area contributed by atoms with Crippen LogP contribution < -0.4 is 5.32 Å². The molecule has 2 rings (SSSR count). The molecule has 2 atom stereocenters. The number of amides is 1. The monoisotopic (exact) mass is 338 g/mol. The van der Waals surface area contributed by atoms with Crippen LogP contribution in [0.4, 0.5) is 4.79 Å². The molecule has 2 aliphatic rings. The Labute approximate surface area is 148 Å². The highest BCUT2D eigenvalue weighted by Gasteiger charge is 2.33. The van der Waals surface area contributed by atoms with Gasteiger partial charge in [0.1, 0.15) is 5.60 Å². The molecule has 0 aromatic heterocycles. The summed E-state index contributed by atoms with van der Waals surface area (Å²) in [5.41, 5.74) is -0.414. The van der Waals surface area contributed by atoms with E-state index in [0.717, 1.165) is 25.3 Å². The number of piperidine rings is 1. The Morgan fingerprint density at radius 2 is 1.79 bits per heavy atom. The minimum absolute atomic E-state index is 0.159. The zero-order valence-corrected chi connectivity index (χ0v) is 16.4. The number of carbonyl (C=O) groups is 1. The van der Waals surface area contributed by atoms with E-state index in [9.17, 15) is 4.79 Å². The standard InChI is InChI=1S/C20H38N2O2/c1-6-7-16-8-10-17(11-9-16)21-18-12-13-22(15(2)14-18)19(23)24-20(3,4)5/h15-18,21H,6-14H2,1-5H3. The molecule has 1 saturated carbocycles. The van der Waals surface area contributed by atoms with Gasteiger partial charge in [-0.05, 0) is 72.1 Å². The summed E-state index contributed by atoms with van der Waals surface area (Å²) < 4.78 is 5.53. The normalized spacial score (nSPS) is 31.8. The molecule has 4 heteroatoms. The Hall–Kier alpha value is -0.770. The number of likely N-dealkylation sites (tertiary alicyclic amines) is 1. The van der Waals surface area contributed by atoms with Gasteiger partial charge in [0, 0.05) is 24.7 Å². The Kier molecular flexibility index (Phi) is 6.97. The third-order valence-electron chi connectivity index (χ3n) is 5.52. The largest absolute Gasteiger partial charge is 0.444 e. The molecule has 1 aliphatic carbocycles. The number of nitrogens with one attached hydrogen (secondary N) is 1. The van der Waals surface area contributed by atoms with Crippen molar-refractivity contribution in [3.63, 3.8) is 0 Å². The second-order valence-electron chi connectivity index (χ2n) is 8.92. The number of carbonyl (C=O) groups excluding carboxylic acids is 1. The van der Waals surface area contributed by atoms with Crippen molar-refractivity contribution >= 4 is 6.09 Å². The van der Waals surface area contributed by atoms with E-state index < -0.39 is 5.60 Å². The van der Waals surface area contributed by atoms with E-state index in [4.69, 9.17) is 4.74 Å². The SMILES string of the molecule is CCCC1CCC(NC2CCN(C(=O)OC(C)(C)C)C(C)C2)CC1. The van der Waals surface area contributed by atoms with Crippen LogP contribution in [0.25, 0.3) is 0 Å². The highest BCUT2D eigenvalue weighted by molar-refractivity contribution is 5.68. The van der Waals surface area contributed by atoms with Crippen molar-refractivity contribution in [3.05, 3.63) is 0 Å². The molecule has 140 valence electrons. The van der Waals surface area contributed by atoms with Gasteiger partial charge in [0.25, 0.3) is 0 Å². The minimum Gasteiger partial charge on any atom is -0.444 e. The third kappa shape index (κ3) is 5.94. The van der Waals surface area contributed by atoms with E-state index in [-0.39, 0.29) is 12.1 Å². The maximum absolute atomic E-state index is 12.3. The molecular formula is C20H38N2O2. The number of nitrogens with zero attached hydrogens (tertiary/aromatic N) is 1. The van der Waals surface area contributed by atoms with Crippen LogP contribution in [0.5, 0.6) is 0 Å². The van der Waals surface area contributed by atoms with E-state index in [2.05, 4.69) is 19.2 Å². The first-order valence-corrected chi connectivity index (χ1v) is 10.0. The number of rotatable bonds is 4. The van der Waals surface area contributed by atoms with Gasteiger partial charge in [0.2, 0.25) is 0 Å². The van der Waals surface area contributed by atoms with Crippen LogP contribution in [0.1, 0.15) is 86.0 Å². The third-order valence-corrected chi connectivity index (χ3v) is 5.52. The second kappa shape index (κ2) is 8.55. The molecule has 4 nitrogen and oxygen atoms in total. The number of hydrogen-bond acceptors (Lipinski definition) is 3. The van der Waals surface area contributed by atoms with Gasteiger partial charge in [-0.25, -0.2) is 4.79 Å². The summed E-state index contributed by atoms with van der Waals surface area (Å²) in [5.74, 6) is 0.959. The molecule has 1 heterocycles. The van der Waals surface area contributed by atoms with Crippen LogP contribution in [0, 0.1) is 5.92 Å². The van der Waals surface area contributed by atoms with Crippen LogP contribution in [-0.2, 0) is 4.74 Å². The average Bonchev–Trinajstić information content (AvgIpc) is 2.48. The fourth-order valence-corrected chi connectivity index (χ4v) is 4.27. The van der Waals surface area contributed by atoms with Crippen LogP contribution in [-0.4, -0.2) is 41.3 Å². The average molecular weight is 339 g/mol. The molecule has 0 spiro atoms. The van der Waals surface area contributed by atoms with E-state index in [1.165, 1.54) is 38.5 Å². The molecular weight excluding hydrogens is 300 g/mol. The van der Waals surface area contributed by atoms with Gasteiger partial charge >= 0.3 is 6.09 Å². The summed E-state index contributed by atoms with van der Waals surface area (Å²) >= 11 is 0. The van der Waals surface area contributed by atoms with E-state index in [1.54, 1.807) is 0 Å². The first-order valence-electron chi connectivity index (χ1n) is 10.0. The quantitative estimate of drug-likeness (QED) is 0.806. The number of ether oxygens (including phenoxy) is 1. The van der Waals surface area contributed by atoms with Gasteiger partial charge in [0.15, 0.2) is 0 Å². The molecule has 0 aromatic rings. The van der Waals surface area contributed by atoms with E-state index in [0.29, 0.717) is 12.1 Å². The summed E-state index contributed by atoms with van der Waals surface area (Å²) in [6.07, 6.45) is 10.1. The maximum Gasteiger partial charge on any atom is 0.410 e. The summed E-state index contributed by atoms with van der Waals surface area (Å²) in [6, 6.07) is 1.48. The molecule has 0 aromatic carbocycles. The Morgan fingerprint density at radius 3 is 2.33 bits per heavy atom. The molecule has 1 N–H and O–H groups in total. The molecule has 1 saturated heterocycles. The lowest BCUT2D eigenvalue weighted by atomic mass is 9.83. The van der Waals surface area contributed by atoms with Gasteiger partial charge in [-0.15, -0.1) is 0 Å². The van der Waals surface area contributed by atoms with Crippen LogP contribution >= 0.6 is 0 Å². The van der Waals surface area contributed by atoms with Gasteiger partial charge < -0.3 is 15.0 Å². The van der Waals surface area contributed by atoms with Crippen LogP contribution in [0.3, 0.4) is 0 Å². The highest BCUT2D eigenvalue weighted by atomic mass is 16.6. The van der Waals surface area contributed by atoms with Crippen molar-refractivity contribution in [2.75, 3.05) is 6.54 Å². The minimum atomic E-state index is -0.414. The molecule has 0 bridgehead atoms. The zero-order valence-electron chi connectivity index (χ0n) is 16.4.